The number of ether oxygens (including phenoxy) is 1. The molecule has 4 atom stereocenters. The molecule has 1 fully saturated rings. The van der Waals surface area contributed by atoms with Crippen molar-refractivity contribution in [2.45, 2.75) is 24.5 Å². The van der Waals surface area contributed by atoms with Gasteiger partial charge in [0.05, 0.1) is 12.9 Å². The molecule has 0 radical (unpaired) electrons. The molecule has 1 saturated heterocycles. The fourth-order valence-corrected chi connectivity index (χ4v) is 3.69. The average molecular weight is 409 g/mol. The van der Waals surface area contributed by atoms with E-state index in [1.165, 1.54) is 10.9 Å². The van der Waals surface area contributed by atoms with Crippen LogP contribution < -0.4 is 10.9 Å². The van der Waals surface area contributed by atoms with Gasteiger partial charge in [0.2, 0.25) is 5.95 Å². The molecule has 5 N–H and O–H groups in total. The lowest BCUT2D eigenvalue weighted by atomic mass is 10.1. The van der Waals surface area contributed by atoms with Crippen molar-refractivity contribution < 1.29 is 20.1 Å². The summed E-state index contributed by atoms with van der Waals surface area (Å²) in [5.41, 5.74) is 0.512. The van der Waals surface area contributed by atoms with Crippen molar-refractivity contribution in [1.82, 2.24) is 19.5 Å². The highest BCUT2D eigenvalue weighted by molar-refractivity contribution is 5.86. The lowest BCUT2D eigenvalue weighted by molar-refractivity contribution is -0.0511. The van der Waals surface area contributed by atoms with Crippen molar-refractivity contribution in [3.8, 4) is 0 Å². The molecule has 3 heterocycles. The van der Waals surface area contributed by atoms with Crippen LogP contribution in [0.1, 0.15) is 6.23 Å². The zero-order valence-electron chi connectivity index (χ0n) is 15.6. The van der Waals surface area contributed by atoms with Gasteiger partial charge in [0, 0.05) is 5.69 Å². The van der Waals surface area contributed by atoms with Crippen LogP contribution in [0, 0.1) is 0 Å². The number of H-pyrrole nitrogens is 1. The molecule has 10 nitrogen and oxygen atoms in total. The zero-order valence-corrected chi connectivity index (χ0v) is 15.6. The van der Waals surface area contributed by atoms with Crippen LogP contribution in [0.3, 0.4) is 0 Å². The van der Waals surface area contributed by atoms with Gasteiger partial charge in [-0.3, -0.25) is 14.3 Å². The van der Waals surface area contributed by atoms with Gasteiger partial charge in [0.25, 0.3) is 5.56 Å². The molecule has 1 aliphatic heterocycles. The van der Waals surface area contributed by atoms with Crippen LogP contribution >= 0.6 is 0 Å². The number of rotatable bonds is 4. The first-order valence-corrected chi connectivity index (χ1v) is 9.40. The van der Waals surface area contributed by atoms with E-state index in [2.05, 4.69) is 20.3 Å². The molecule has 1 aliphatic rings. The fourth-order valence-electron chi connectivity index (χ4n) is 3.69. The molecule has 154 valence electrons. The number of benzene rings is 2. The SMILES string of the molecule is O=c1[nH]c(Nc2ccc3ccccc3c2)nc2c1ncn2[C@@H]1O[C@H](CO)[C@@H](O)[C@H]1O. The van der Waals surface area contributed by atoms with Crippen LogP contribution in [-0.2, 0) is 4.74 Å². The minimum Gasteiger partial charge on any atom is -0.394 e. The second-order valence-electron chi connectivity index (χ2n) is 7.15. The number of fused-ring (bicyclic) bond motifs is 2. The number of nitrogens with one attached hydrogen (secondary N) is 2. The predicted octanol–water partition coefficient (Wildman–Crippen LogP) is 0.628. The van der Waals surface area contributed by atoms with Gasteiger partial charge in [-0.15, -0.1) is 0 Å². The second-order valence-corrected chi connectivity index (χ2v) is 7.15. The summed E-state index contributed by atoms with van der Waals surface area (Å²) in [4.78, 5) is 23.6. The summed E-state index contributed by atoms with van der Waals surface area (Å²) in [6, 6.07) is 13.6. The Bertz CT molecular complexity index is 1290. The highest BCUT2D eigenvalue weighted by Gasteiger charge is 2.44. The predicted molar refractivity (Wildman–Crippen MR) is 108 cm³/mol. The Morgan fingerprint density at radius 2 is 1.93 bits per heavy atom. The summed E-state index contributed by atoms with van der Waals surface area (Å²) in [5.74, 6) is 0.191. The van der Waals surface area contributed by atoms with E-state index in [0.29, 0.717) is 0 Å². The maximum atomic E-state index is 12.5. The molecular weight excluding hydrogens is 390 g/mol. The van der Waals surface area contributed by atoms with Gasteiger partial charge in [-0.2, -0.15) is 4.98 Å². The third kappa shape index (κ3) is 3.02. The lowest BCUT2D eigenvalue weighted by Crippen LogP contribution is -2.33. The van der Waals surface area contributed by atoms with Crippen molar-refractivity contribution in [2.24, 2.45) is 0 Å². The molecule has 5 rings (SSSR count). The molecule has 4 aromatic rings. The Morgan fingerprint density at radius 3 is 2.70 bits per heavy atom. The number of imidazole rings is 1. The second kappa shape index (κ2) is 7.18. The average Bonchev–Trinajstić information content (AvgIpc) is 3.29. The minimum atomic E-state index is -1.31. The first kappa shape index (κ1) is 18.7. The summed E-state index contributed by atoms with van der Waals surface area (Å²) in [6.07, 6.45) is -3.25. The first-order valence-electron chi connectivity index (χ1n) is 9.40. The quantitative estimate of drug-likeness (QED) is 0.330. The van der Waals surface area contributed by atoms with E-state index in [-0.39, 0.29) is 17.1 Å². The number of aliphatic hydroxyl groups excluding tert-OH is 3. The van der Waals surface area contributed by atoms with E-state index >= 15 is 0 Å². The highest BCUT2D eigenvalue weighted by atomic mass is 16.6. The van der Waals surface area contributed by atoms with E-state index < -0.39 is 36.7 Å². The number of nitrogens with zero attached hydrogens (tertiary/aromatic N) is 3. The molecular formula is C20H19N5O5. The molecule has 0 saturated carbocycles. The molecule has 30 heavy (non-hydrogen) atoms. The Balaban J connectivity index is 1.52. The maximum absolute atomic E-state index is 12.5. The van der Waals surface area contributed by atoms with E-state index in [4.69, 9.17) is 4.74 Å². The minimum absolute atomic E-state index is 0.0665. The molecule has 10 heteroatoms. The van der Waals surface area contributed by atoms with Crippen molar-refractivity contribution in [1.29, 1.82) is 0 Å². The van der Waals surface area contributed by atoms with Gasteiger partial charge in [0.15, 0.2) is 17.4 Å². The van der Waals surface area contributed by atoms with Gasteiger partial charge in [-0.05, 0) is 22.9 Å². The highest BCUT2D eigenvalue weighted by Crippen LogP contribution is 2.31. The van der Waals surface area contributed by atoms with Crippen molar-refractivity contribution in [3.63, 3.8) is 0 Å². The summed E-state index contributed by atoms with van der Waals surface area (Å²) >= 11 is 0. The summed E-state index contributed by atoms with van der Waals surface area (Å²) in [6.45, 7) is -0.454. The van der Waals surface area contributed by atoms with E-state index in [1.54, 1.807) is 0 Å². The largest absolute Gasteiger partial charge is 0.394 e. The van der Waals surface area contributed by atoms with Gasteiger partial charge in [0.1, 0.15) is 18.3 Å². The van der Waals surface area contributed by atoms with Crippen molar-refractivity contribution in [2.75, 3.05) is 11.9 Å². The maximum Gasteiger partial charge on any atom is 0.280 e. The van der Waals surface area contributed by atoms with E-state index in [9.17, 15) is 20.1 Å². The molecule has 0 aliphatic carbocycles. The molecule has 2 aromatic heterocycles. The third-order valence-electron chi connectivity index (χ3n) is 5.24. The van der Waals surface area contributed by atoms with Crippen molar-refractivity contribution >= 4 is 33.6 Å². The Hall–Kier alpha value is -3.31. The normalized spacial score (nSPS) is 24.0. The topological polar surface area (TPSA) is 146 Å². The zero-order chi connectivity index (χ0) is 20.8. The van der Waals surface area contributed by atoms with Gasteiger partial charge >= 0.3 is 0 Å². The van der Waals surface area contributed by atoms with Crippen LogP contribution in [0.15, 0.2) is 53.6 Å². The number of aromatic amines is 1. The summed E-state index contributed by atoms with van der Waals surface area (Å²) in [5, 5.41) is 34.8. The molecule has 0 spiro atoms. The summed E-state index contributed by atoms with van der Waals surface area (Å²) < 4.78 is 6.91. The third-order valence-corrected chi connectivity index (χ3v) is 5.24. The van der Waals surface area contributed by atoms with Gasteiger partial charge in [-0.25, -0.2) is 4.98 Å². The molecule has 0 bridgehead atoms. The monoisotopic (exact) mass is 409 g/mol. The Labute approximate surface area is 169 Å². The smallest absolute Gasteiger partial charge is 0.280 e. The van der Waals surface area contributed by atoms with Crippen LogP contribution in [0.2, 0.25) is 0 Å². The van der Waals surface area contributed by atoms with Crippen LogP contribution in [-0.4, -0.2) is 59.8 Å². The van der Waals surface area contributed by atoms with Crippen LogP contribution in [0.5, 0.6) is 0 Å². The fraction of sp³-hybridized carbons (Fsp3) is 0.250. The summed E-state index contributed by atoms with van der Waals surface area (Å²) in [7, 11) is 0. The van der Waals surface area contributed by atoms with E-state index in [0.717, 1.165) is 16.5 Å². The van der Waals surface area contributed by atoms with E-state index in [1.807, 2.05) is 42.5 Å². The Kier molecular flexibility index (Phi) is 4.48. The van der Waals surface area contributed by atoms with Gasteiger partial charge < -0.3 is 25.4 Å². The standard InChI is InChI=1S/C20H19N5O5/c26-8-13-15(27)16(28)19(30-13)25-9-21-14-17(25)23-20(24-18(14)29)22-12-6-5-10-3-1-2-4-11(10)7-12/h1-7,9,13,15-16,19,26-28H,8H2,(H2,22,23,24,29)/t13-,15-,16-,19-/m1/s1. The van der Waals surface area contributed by atoms with Gasteiger partial charge in [-0.1, -0.05) is 30.3 Å². The first-order chi connectivity index (χ1) is 14.5. The number of hydrogen-bond donors (Lipinski definition) is 5. The molecule has 2 aromatic carbocycles. The van der Waals surface area contributed by atoms with Crippen LogP contribution in [0.25, 0.3) is 21.9 Å². The van der Waals surface area contributed by atoms with Crippen LogP contribution in [0.4, 0.5) is 11.6 Å². The number of aromatic nitrogens is 4. The molecule has 0 unspecified atom stereocenters. The number of hydrogen-bond acceptors (Lipinski definition) is 8. The Morgan fingerprint density at radius 1 is 1.13 bits per heavy atom. The molecule has 0 amide bonds. The van der Waals surface area contributed by atoms with Crippen molar-refractivity contribution in [3.05, 3.63) is 59.1 Å². The lowest BCUT2D eigenvalue weighted by Gasteiger charge is -2.16. The number of anilines is 2. The number of aliphatic hydroxyl groups is 3.